The number of nitrogens with zero attached hydrogens (tertiary/aromatic N) is 1. The Bertz CT molecular complexity index is 1410. The molecule has 3 aromatic carbocycles. The molecule has 180 valence electrons. The Labute approximate surface area is 199 Å². The summed E-state index contributed by atoms with van der Waals surface area (Å²) in [5.74, 6) is -0.382. The van der Waals surface area contributed by atoms with Crippen LogP contribution in [0.2, 0.25) is 5.02 Å². The topological polar surface area (TPSA) is 105 Å². The van der Waals surface area contributed by atoms with Crippen molar-refractivity contribution in [3.05, 3.63) is 94.5 Å². The monoisotopic (exact) mass is 531 g/mol. The van der Waals surface area contributed by atoms with Crippen LogP contribution in [0.4, 0.5) is 18.9 Å². The lowest BCUT2D eigenvalue weighted by Gasteiger charge is -2.12. The largest absolute Gasteiger partial charge is 0.416 e. The second-order valence-electron chi connectivity index (χ2n) is 6.95. The molecule has 0 aliphatic rings. The molecule has 0 radical (unpaired) electrons. The molecule has 3 aromatic rings. The number of nitrogens with one attached hydrogen (secondary N) is 2. The van der Waals surface area contributed by atoms with Gasteiger partial charge in [-0.2, -0.15) is 18.3 Å². The van der Waals surface area contributed by atoms with Gasteiger partial charge in [-0.25, -0.2) is 21.7 Å². The van der Waals surface area contributed by atoms with Gasteiger partial charge < -0.3 is 0 Å². The maximum Gasteiger partial charge on any atom is 0.416 e. The molecule has 0 spiro atoms. The zero-order valence-electron chi connectivity index (χ0n) is 17.1. The molecule has 0 fully saturated rings. The lowest BCUT2D eigenvalue weighted by atomic mass is 10.2. The first-order valence-electron chi connectivity index (χ1n) is 9.42. The molecule has 2 N–H and O–H groups in total. The summed E-state index contributed by atoms with van der Waals surface area (Å²) in [4.78, 5) is 1.65. The van der Waals surface area contributed by atoms with Crippen molar-refractivity contribution in [2.24, 2.45) is 5.10 Å². The maximum absolute atomic E-state index is 12.7. The zero-order valence-corrected chi connectivity index (χ0v) is 19.5. The van der Waals surface area contributed by atoms with Crippen LogP contribution < -0.4 is 9.55 Å². The highest BCUT2D eigenvalue weighted by atomic mass is 35.5. The van der Waals surface area contributed by atoms with Gasteiger partial charge >= 0.3 is 6.18 Å². The van der Waals surface area contributed by atoms with Crippen LogP contribution in [-0.4, -0.2) is 23.1 Å². The Morgan fingerprint density at radius 3 is 2.24 bits per heavy atom. The van der Waals surface area contributed by atoms with E-state index in [1.165, 1.54) is 24.3 Å². The Balaban J connectivity index is 1.74. The third-order valence-electron chi connectivity index (χ3n) is 4.34. The van der Waals surface area contributed by atoms with Crippen LogP contribution in [0.1, 0.15) is 16.7 Å². The average Bonchev–Trinajstić information content (AvgIpc) is 2.74. The average molecular weight is 532 g/mol. The number of anilines is 1. The second kappa shape index (κ2) is 10.0. The third kappa shape index (κ3) is 6.95. The van der Waals surface area contributed by atoms with Gasteiger partial charge in [0.05, 0.1) is 28.1 Å². The minimum absolute atomic E-state index is 0.0418. The van der Waals surface area contributed by atoms with Crippen molar-refractivity contribution in [2.45, 2.75) is 16.8 Å². The Hall–Kier alpha value is -3.09. The Kier molecular flexibility index (Phi) is 7.54. The molecule has 0 heterocycles. The number of sulfonamides is 2. The van der Waals surface area contributed by atoms with Gasteiger partial charge in [0.25, 0.3) is 20.0 Å². The minimum Gasteiger partial charge on any atom is -0.279 e. The summed E-state index contributed by atoms with van der Waals surface area (Å²) < 4.78 is 90.2. The SMILES string of the molecule is O=S(=O)(Cc1cccc(Cl)c1)N/N=C/c1ccccc1NS(=O)(=O)c1ccc(C(F)(F)F)cc1. The smallest absolute Gasteiger partial charge is 0.279 e. The molecule has 34 heavy (non-hydrogen) atoms. The van der Waals surface area contributed by atoms with Gasteiger partial charge in [0, 0.05) is 10.6 Å². The van der Waals surface area contributed by atoms with Crippen LogP contribution in [-0.2, 0) is 32.0 Å². The van der Waals surface area contributed by atoms with E-state index >= 15 is 0 Å². The first-order valence-corrected chi connectivity index (χ1v) is 12.9. The van der Waals surface area contributed by atoms with Crippen LogP contribution >= 0.6 is 11.6 Å². The van der Waals surface area contributed by atoms with Crippen molar-refractivity contribution in [3.63, 3.8) is 0 Å². The lowest BCUT2D eigenvalue weighted by molar-refractivity contribution is -0.137. The summed E-state index contributed by atoms with van der Waals surface area (Å²) >= 11 is 5.85. The van der Waals surface area contributed by atoms with Crippen molar-refractivity contribution in [2.75, 3.05) is 4.72 Å². The fraction of sp³-hybridized carbons (Fsp3) is 0.0952. The van der Waals surface area contributed by atoms with Crippen molar-refractivity contribution >= 4 is 43.5 Å². The second-order valence-corrected chi connectivity index (χ2v) is 10.8. The standard InChI is InChI=1S/C21H17ClF3N3O4S2/c22-18-6-3-4-15(12-18)14-33(29,30)28-26-13-16-5-1-2-7-20(16)27-34(31,32)19-10-8-17(9-11-19)21(23,24)25/h1-13,27-28H,14H2/b26-13+. The number of hydrogen-bond donors (Lipinski definition) is 2. The number of hydrazone groups is 1. The minimum atomic E-state index is -4.60. The quantitative estimate of drug-likeness (QED) is 0.327. The molecule has 7 nitrogen and oxygen atoms in total. The zero-order chi connectivity index (χ0) is 25.0. The molecule has 0 saturated heterocycles. The van der Waals surface area contributed by atoms with Gasteiger partial charge in [-0.15, -0.1) is 0 Å². The van der Waals surface area contributed by atoms with Crippen molar-refractivity contribution < 1.29 is 30.0 Å². The van der Waals surface area contributed by atoms with Crippen LogP contribution in [0.15, 0.2) is 82.8 Å². The number of halogens is 4. The maximum atomic E-state index is 12.7. The van der Waals surface area contributed by atoms with E-state index in [9.17, 15) is 30.0 Å². The summed E-state index contributed by atoms with van der Waals surface area (Å²) in [5, 5.41) is 4.06. The summed E-state index contributed by atoms with van der Waals surface area (Å²) in [7, 11) is -8.09. The van der Waals surface area contributed by atoms with Crippen molar-refractivity contribution in [1.29, 1.82) is 0 Å². The third-order valence-corrected chi connectivity index (χ3v) is 7.05. The molecular formula is C21H17ClF3N3O4S2. The van der Waals surface area contributed by atoms with E-state index in [1.54, 1.807) is 24.3 Å². The molecule has 0 amide bonds. The molecule has 0 atom stereocenters. The molecule has 3 rings (SSSR count). The van der Waals surface area contributed by atoms with Crippen LogP contribution in [0.25, 0.3) is 0 Å². The highest BCUT2D eigenvalue weighted by molar-refractivity contribution is 7.92. The first-order chi connectivity index (χ1) is 15.9. The van der Waals surface area contributed by atoms with E-state index in [2.05, 4.69) is 9.82 Å². The number of rotatable bonds is 8. The molecule has 0 unspecified atom stereocenters. The normalized spacial score (nSPS) is 12.6. The number of alkyl halides is 3. The molecule has 0 aliphatic heterocycles. The van der Waals surface area contributed by atoms with E-state index in [1.807, 2.05) is 4.83 Å². The highest BCUT2D eigenvalue weighted by Gasteiger charge is 2.30. The van der Waals surface area contributed by atoms with Gasteiger partial charge in [0.15, 0.2) is 0 Å². The van der Waals surface area contributed by atoms with Gasteiger partial charge in [-0.05, 0) is 48.0 Å². The number of hydrogen-bond acceptors (Lipinski definition) is 5. The van der Waals surface area contributed by atoms with Crippen LogP contribution in [0, 0.1) is 0 Å². The molecule has 0 aliphatic carbocycles. The van der Waals surface area contributed by atoms with E-state index in [0.29, 0.717) is 22.7 Å². The number of para-hydroxylation sites is 1. The fourth-order valence-electron chi connectivity index (χ4n) is 2.78. The summed E-state index contributed by atoms with van der Waals surface area (Å²) in [5.41, 5.74) is -0.285. The molecule has 0 aromatic heterocycles. The lowest BCUT2D eigenvalue weighted by Crippen LogP contribution is -2.20. The first kappa shape index (κ1) is 25.5. The van der Waals surface area contributed by atoms with Crippen molar-refractivity contribution in [3.8, 4) is 0 Å². The highest BCUT2D eigenvalue weighted by Crippen LogP contribution is 2.30. The Morgan fingerprint density at radius 1 is 0.912 bits per heavy atom. The fourth-order valence-corrected chi connectivity index (χ4v) is 4.98. The predicted molar refractivity (Wildman–Crippen MR) is 124 cm³/mol. The summed E-state index contributed by atoms with van der Waals surface area (Å²) in [6.45, 7) is 0. The van der Waals surface area contributed by atoms with Crippen LogP contribution in [0.3, 0.4) is 0 Å². The predicted octanol–water partition coefficient (Wildman–Crippen LogP) is 4.61. The Morgan fingerprint density at radius 2 is 1.59 bits per heavy atom. The van der Waals surface area contributed by atoms with Gasteiger partial charge in [-0.1, -0.05) is 41.9 Å². The van der Waals surface area contributed by atoms with Gasteiger partial charge in [-0.3, -0.25) is 4.72 Å². The van der Waals surface area contributed by atoms with Crippen molar-refractivity contribution in [1.82, 2.24) is 4.83 Å². The van der Waals surface area contributed by atoms with Gasteiger partial charge in [0.1, 0.15) is 0 Å². The molecule has 0 bridgehead atoms. The van der Waals surface area contributed by atoms with E-state index in [4.69, 9.17) is 11.6 Å². The van der Waals surface area contributed by atoms with E-state index < -0.39 is 31.8 Å². The van der Waals surface area contributed by atoms with Crippen LogP contribution in [0.5, 0.6) is 0 Å². The molecule has 13 heteroatoms. The number of benzene rings is 3. The summed E-state index contributed by atoms with van der Waals surface area (Å²) in [6, 6.07) is 15.2. The molecule has 0 saturated carbocycles. The summed E-state index contributed by atoms with van der Waals surface area (Å²) in [6.07, 6.45) is -3.50. The van der Waals surface area contributed by atoms with Gasteiger partial charge in [0.2, 0.25) is 0 Å². The van der Waals surface area contributed by atoms with E-state index in [0.717, 1.165) is 18.3 Å². The van der Waals surface area contributed by atoms with E-state index in [-0.39, 0.29) is 21.9 Å². The molecular weight excluding hydrogens is 515 g/mol.